The summed E-state index contributed by atoms with van der Waals surface area (Å²) < 4.78 is 54.9. The predicted molar refractivity (Wildman–Crippen MR) is 135 cm³/mol. The van der Waals surface area contributed by atoms with Crippen LogP contribution < -0.4 is 19.0 Å². The fourth-order valence-electron chi connectivity index (χ4n) is 3.69. The van der Waals surface area contributed by atoms with Gasteiger partial charge in [-0.2, -0.15) is 4.99 Å². The van der Waals surface area contributed by atoms with E-state index in [0.29, 0.717) is 36.1 Å². The molecule has 5 rings (SSSR count). The molecule has 1 aliphatic heterocycles. The second-order valence-electron chi connectivity index (χ2n) is 7.80. The first-order valence-electron chi connectivity index (χ1n) is 10.9. The van der Waals surface area contributed by atoms with Crippen molar-refractivity contribution in [3.63, 3.8) is 0 Å². The molecule has 11 heteroatoms. The average molecular weight is 526 g/mol. The zero-order valence-electron chi connectivity index (χ0n) is 18.8. The number of fused-ring (bicyclic) bond motifs is 2. The van der Waals surface area contributed by atoms with Crippen molar-refractivity contribution in [1.82, 2.24) is 4.57 Å². The molecule has 0 spiro atoms. The first-order valence-corrected chi connectivity index (χ1v) is 13.2. The number of rotatable bonds is 6. The first-order chi connectivity index (χ1) is 17.3. The van der Waals surface area contributed by atoms with Gasteiger partial charge in [-0.25, -0.2) is 12.8 Å². The number of carbonyl (C=O) groups is 1. The Balaban J connectivity index is 1.48. The topological polar surface area (TPSA) is 99.0 Å². The number of ether oxygens (including phenoxy) is 2. The normalized spacial score (nSPS) is 13.5. The van der Waals surface area contributed by atoms with Crippen LogP contribution in [0, 0.1) is 5.82 Å². The van der Waals surface area contributed by atoms with E-state index in [9.17, 15) is 17.6 Å². The van der Waals surface area contributed by atoms with E-state index >= 15 is 0 Å². The number of sulfonamides is 1. The van der Waals surface area contributed by atoms with Gasteiger partial charge in [0.1, 0.15) is 19.0 Å². The summed E-state index contributed by atoms with van der Waals surface area (Å²) in [5, 5.41) is 0. The molecule has 0 saturated heterocycles. The van der Waals surface area contributed by atoms with Crippen molar-refractivity contribution in [3.8, 4) is 11.5 Å². The maximum atomic E-state index is 13.2. The minimum atomic E-state index is -3.97. The molecule has 0 atom stereocenters. The molecular formula is C25H20FN3O5S2. The molecule has 0 bridgehead atoms. The SMILES string of the molecule is C=CCn1c(=NC(=O)c2cccc(NS(=O)(=O)c3ccc(F)cc3)c2)sc2cc3c(cc21)OCCO3. The average Bonchev–Trinajstić information content (AvgIpc) is 3.18. The van der Waals surface area contributed by atoms with Crippen LogP contribution in [-0.2, 0) is 16.6 Å². The Labute approximate surface area is 210 Å². The van der Waals surface area contributed by atoms with E-state index in [1.807, 2.05) is 16.7 Å². The number of carbonyl (C=O) groups excluding carboxylic acids is 1. The predicted octanol–water partition coefficient (Wildman–Crippen LogP) is 4.34. The van der Waals surface area contributed by atoms with Gasteiger partial charge in [-0.1, -0.05) is 23.5 Å². The smallest absolute Gasteiger partial charge is 0.279 e. The van der Waals surface area contributed by atoms with Crippen LogP contribution in [0.25, 0.3) is 10.2 Å². The molecule has 1 amide bonds. The van der Waals surface area contributed by atoms with E-state index in [-0.39, 0.29) is 16.1 Å². The maximum Gasteiger partial charge on any atom is 0.279 e. The van der Waals surface area contributed by atoms with Gasteiger partial charge in [0.2, 0.25) is 0 Å². The number of halogens is 1. The fourth-order valence-corrected chi connectivity index (χ4v) is 5.79. The number of allylic oxidation sites excluding steroid dienone is 1. The van der Waals surface area contributed by atoms with E-state index in [1.54, 1.807) is 18.2 Å². The van der Waals surface area contributed by atoms with Crippen LogP contribution in [0.15, 0.2) is 83.2 Å². The minimum Gasteiger partial charge on any atom is -0.486 e. The molecule has 1 N–H and O–H groups in total. The summed E-state index contributed by atoms with van der Waals surface area (Å²) in [4.78, 5) is 17.7. The van der Waals surface area contributed by atoms with Crippen LogP contribution in [0.3, 0.4) is 0 Å². The lowest BCUT2D eigenvalue weighted by Gasteiger charge is -2.18. The fraction of sp³-hybridized carbons (Fsp3) is 0.120. The third-order valence-corrected chi connectivity index (χ3v) is 7.78. The van der Waals surface area contributed by atoms with Gasteiger partial charge < -0.3 is 14.0 Å². The summed E-state index contributed by atoms with van der Waals surface area (Å²) in [6.45, 7) is 5.14. The van der Waals surface area contributed by atoms with Gasteiger partial charge in [-0.05, 0) is 42.5 Å². The molecule has 0 aliphatic carbocycles. The van der Waals surface area contributed by atoms with Crippen LogP contribution in [0.2, 0.25) is 0 Å². The van der Waals surface area contributed by atoms with Crippen molar-refractivity contribution < 1.29 is 27.1 Å². The Morgan fingerprint density at radius 3 is 2.56 bits per heavy atom. The van der Waals surface area contributed by atoms with E-state index < -0.39 is 21.7 Å². The molecule has 3 aromatic carbocycles. The number of hydrogen-bond donors (Lipinski definition) is 1. The third-order valence-electron chi connectivity index (χ3n) is 5.34. The second kappa shape index (κ2) is 9.59. The molecule has 1 aliphatic rings. The lowest BCUT2D eigenvalue weighted by atomic mass is 10.2. The molecule has 4 aromatic rings. The van der Waals surface area contributed by atoms with Crippen molar-refractivity contribution in [3.05, 3.63) is 89.5 Å². The van der Waals surface area contributed by atoms with Gasteiger partial charge in [0.15, 0.2) is 16.3 Å². The molecule has 184 valence electrons. The van der Waals surface area contributed by atoms with E-state index in [2.05, 4.69) is 16.3 Å². The highest BCUT2D eigenvalue weighted by Gasteiger charge is 2.18. The first kappa shape index (κ1) is 23.8. The number of benzene rings is 3. The third kappa shape index (κ3) is 4.75. The molecule has 0 unspecified atom stereocenters. The summed E-state index contributed by atoms with van der Waals surface area (Å²) in [5.41, 5.74) is 1.21. The Morgan fingerprint density at radius 1 is 1.11 bits per heavy atom. The lowest BCUT2D eigenvalue weighted by Crippen LogP contribution is -2.17. The highest BCUT2D eigenvalue weighted by molar-refractivity contribution is 7.92. The number of nitrogens with one attached hydrogen (secondary N) is 1. The van der Waals surface area contributed by atoms with Gasteiger partial charge in [0.05, 0.1) is 15.1 Å². The quantitative estimate of drug-likeness (QED) is 0.378. The Morgan fingerprint density at radius 2 is 1.83 bits per heavy atom. The molecule has 0 fully saturated rings. The number of aromatic nitrogens is 1. The molecule has 36 heavy (non-hydrogen) atoms. The van der Waals surface area contributed by atoms with Crippen LogP contribution in [-0.4, -0.2) is 32.1 Å². The molecular weight excluding hydrogens is 505 g/mol. The molecule has 8 nitrogen and oxygen atoms in total. The zero-order chi connectivity index (χ0) is 25.3. The highest BCUT2D eigenvalue weighted by atomic mass is 32.2. The number of nitrogens with zero attached hydrogens (tertiary/aromatic N) is 2. The van der Waals surface area contributed by atoms with Gasteiger partial charge in [-0.15, -0.1) is 6.58 Å². The molecule has 2 heterocycles. The van der Waals surface area contributed by atoms with Crippen LogP contribution in [0.1, 0.15) is 10.4 Å². The van der Waals surface area contributed by atoms with Crippen molar-refractivity contribution in [2.45, 2.75) is 11.4 Å². The van der Waals surface area contributed by atoms with Gasteiger partial charge >= 0.3 is 0 Å². The second-order valence-corrected chi connectivity index (χ2v) is 10.5. The van der Waals surface area contributed by atoms with E-state index in [4.69, 9.17) is 9.47 Å². The molecule has 0 saturated carbocycles. The van der Waals surface area contributed by atoms with Gasteiger partial charge in [-0.3, -0.25) is 9.52 Å². The van der Waals surface area contributed by atoms with Gasteiger partial charge in [0, 0.05) is 29.9 Å². The maximum absolute atomic E-state index is 13.2. The molecule has 0 radical (unpaired) electrons. The summed E-state index contributed by atoms with van der Waals surface area (Å²) in [6.07, 6.45) is 1.71. The van der Waals surface area contributed by atoms with Crippen molar-refractivity contribution in [2.75, 3.05) is 17.9 Å². The van der Waals surface area contributed by atoms with Crippen molar-refractivity contribution in [2.24, 2.45) is 4.99 Å². The zero-order valence-corrected chi connectivity index (χ0v) is 20.4. The number of thiazole rings is 1. The Kier molecular flexibility index (Phi) is 6.33. The van der Waals surface area contributed by atoms with Crippen molar-refractivity contribution >= 4 is 43.2 Å². The number of anilines is 1. The molecule has 1 aromatic heterocycles. The summed E-state index contributed by atoms with van der Waals surface area (Å²) in [5.74, 6) is 0.181. The van der Waals surface area contributed by atoms with Crippen LogP contribution >= 0.6 is 11.3 Å². The monoisotopic (exact) mass is 525 g/mol. The highest BCUT2D eigenvalue weighted by Crippen LogP contribution is 2.35. The largest absolute Gasteiger partial charge is 0.486 e. The van der Waals surface area contributed by atoms with E-state index in [0.717, 1.165) is 34.5 Å². The summed E-state index contributed by atoms with van der Waals surface area (Å²) in [7, 11) is -3.97. The Hall–Kier alpha value is -3.96. The Bertz CT molecular complexity index is 1660. The van der Waals surface area contributed by atoms with E-state index in [1.165, 1.54) is 23.5 Å². The van der Waals surface area contributed by atoms with Crippen LogP contribution in [0.4, 0.5) is 10.1 Å². The standard InChI is InChI=1S/C25H20FN3O5S2/c1-2-10-29-20-14-21-22(34-12-11-33-21)15-23(20)35-25(29)27-24(30)16-4-3-5-18(13-16)28-36(31,32)19-8-6-17(26)7-9-19/h2-9,13-15,28H,1,10-12H2. The number of amides is 1. The van der Waals surface area contributed by atoms with Gasteiger partial charge in [0.25, 0.3) is 15.9 Å². The minimum absolute atomic E-state index is 0.100. The van der Waals surface area contributed by atoms with Crippen molar-refractivity contribution in [1.29, 1.82) is 0 Å². The lowest BCUT2D eigenvalue weighted by molar-refractivity contribution is 0.0998. The summed E-state index contributed by atoms with van der Waals surface area (Å²) in [6, 6.07) is 14.2. The van der Waals surface area contributed by atoms with Crippen LogP contribution in [0.5, 0.6) is 11.5 Å². The summed E-state index contributed by atoms with van der Waals surface area (Å²) >= 11 is 1.32. The number of hydrogen-bond acceptors (Lipinski definition) is 6.